The minimum atomic E-state index is -1.68. The molecular formula is C7H14O4. The molecule has 0 heterocycles. The van der Waals surface area contributed by atoms with E-state index in [0.29, 0.717) is 6.42 Å². The molecule has 4 nitrogen and oxygen atoms in total. The Hall–Kier alpha value is -0.610. The third-order valence-electron chi connectivity index (χ3n) is 1.22. The third-order valence-corrected chi connectivity index (χ3v) is 1.22. The molecular weight excluding hydrogens is 148 g/mol. The number of esters is 1. The Morgan fingerprint density at radius 1 is 1.64 bits per heavy atom. The van der Waals surface area contributed by atoms with Gasteiger partial charge in [-0.15, -0.1) is 0 Å². The summed E-state index contributed by atoms with van der Waals surface area (Å²) in [6.45, 7) is 2.46. The van der Waals surface area contributed by atoms with Crippen LogP contribution >= 0.6 is 0 Å². The number of rotatable bonds is 4. The Kier molecular flexibility index (Phi) is 4.07. The van der Waals surface area contributed by atoms with Crippen molar-refractivity contribution in [2.24, 2.45) is 0 Å². The van der Waals surface area contributed by atoms with Crippen LogP contribution in [-0.4, -0.2) is 28.6 Å². The maximum atomic E-state index is 10.4. The minimum absolute atomic E-state index is 0.253. The van der Waals surface area contributed by atoms with Gasteiger partial charge >= 0.3 is 5.97 Å². The van der Waals surface area contributed by atoms with Crippen LogP contribution in [0.25, 0.3) is 0 Å². The quantitative estimate of drug-likeness (QED) is 0.452. The van der Waals surface area contributed by atoms with Gasteiger partial charge in [0.05, 0.1) is 0 Å². The van der Waals surface area contributed by atoms with E-state index >= 15 is 0 Å². The molecule has 66 valence electrons. The van der Waals surface area contributed by atoms with Crippen LogP contribution in [0, 0.1) is 0 Å². The summed E-state index contributed by atoms with van der Waals surface area (Å²) in [6, 6.07) is 0. The van der Waals surface area contributed by atoms with Crippen molar-refractivity contribution in [1.82, 2.24) is 0 Å². The molecule has 0 bridgehead atoms. The van der Waals surface area contributed by atoms with Crippen molar-refractivity contribution in [3.8, 4) is 0 Å². The van der Waals surface area contributed by atoms with Crippen LogP contribution in [0.5, 0.6) is 0 Å². The zero-order chi connectivity index (χ0) is 8.91. The van der Waals surface area contributed by atoms with E-state index in [1.54, 1.807) is 0 Å². The van der Waals surface area contributed by atoms with Crippen LogP contribution in [0.3, 0.4) is 0 Å². The molecule has 0 aromatic rings. The normalized spacial score (nSPS) is 15.6. The molecule has 4 heteroatoms. The van der Waals surface area contributed by atoms with Gasteiger partial charge in [-0.3, -0.25) is 4.79 Å². The molecule has 1 atom stereocenters. The van der Waals surface area contributed by atoms with Gasteiger partial charge in [-0.2, -0.15) is 0 Å². The molecule has 0 amide bonds. The van der Waals surface area contributed by atoms with Crippen LogP contribution in [-0.2, 0) is 9.53 Å². The topological polar surface area (TPSA) is 66.8 Å². The molecule has 2 N–H and O–H groups in total. The van der Waals surface area contributed by atoms with Crippen LogP contribution in [0.1, 0.15) is 26.7 Å². The van der Waals surface area contributed by atoms with Crippen LogP contribution in [0.4, 0.5) is 0 Å². The molecule has 0 rings (SSSR count). The van der Waals surface area contributed by atoms with Crippen LogP contribution < -0.4 is 0 Å². The molecule has 11 heavy (non-hydrogen) atoms. The molecule has 0 aliphatic rings. The van der Waals surface area contributed by atoms with Crippen molar-refractivity contribution in [1.29, 1.82) is 0 Å². The first kappa shape index (κ1) is 10.4. The predicted molar refractivity (Wildman–Crippen MR) is 38.7 cm³/mol. The maximum Gasteiger partial charge on any atom is 0.305 e. The number of ether oxygens (including phenoxy) is 1. The summed E-state index contributed by atoms with van der Waals surface area (Å²) in [7, 11) is 0. The summed E-state index contributed by atoms with van der Waals surface area (Å²) in [6.07, 6.45) is 0.896. The fraction of sp³-hybridized carbons (Fsp3) is 0.857. The largest absolute Gasteiger partial charge is 0.431 e. The van der Waals surface area contributed by atoms with Gasteiger partial charge in [0.1, 0.15) is 6.61 Å². The van der Waals surface area contributed by atoms with Gasteiger partial charge in [0.2, 0.25) is 5.79 Å². The molecule has 0 spiro atoms. The van der Waals surface area contributed by atoms with Crippen LogP contribution in [0.2, 0.25) is 0 Å². The molecule has 0 fully saturated rings. The molecule has 0 aliphatic heterocycles. The standard InChI is InChI=1S/C7H14O4/c1-3-4-7(10,5-8)11-6(2)9/h8,10H,3-5H2,1-2H3. The van der Waals surface area contributed by atoms with Gasteiger partial charge in [-0.05, 0) is 6.42 Å². The van der Waals surface area contributed by atoms with Gasteiger partial charge in [0, 0.05) is 13.3 Å². The predicted octanol–water partition coefficient (Wildman–Crippen LogP) is 0.0305. The van der Waals surface area contributed by atoms with Gasteiger partial charge < -0.3 is 14.9 Å². The molecule has 0 aliphatic carbocycles. The highest BCUT2D eigenvalue weighted by molar-refractivity contribution is 5.66. The van der Waals surface area contributed by atoms with Crippen molar-refractivity contribution in [2.45, 2.75) is 32.5 Å². The van der Waals surface area contributed by atoms with Crippen LogP contribution in [0.15, 0.2) is 0 Å². The second kappa shape index (κ2) is 4.31. The number of carbonyl (C=O) groups is 1. The van der Waals surface area contributed by atoms with E-state index in [1.165, 1.54) is 6.92 Å². The third kappa shape index (κ3) is 3.95. The second-order valence-corrected chi connectivity index (χ2v) is 2.45. The van der Waals surface area contributed by atoms with E-state index < -0.39 is 18.4 Å². The summed E-state index contributed by atoms with van der Waals surface area (Å²) >= 11 is 0. The lowest BCUT2D eigenvalue weighted by atomic mass is 10.1. The van der Waals surface area contributed by atoms with E-state index in [2.05, 4.69) is 4.74 Å². The number of hydrogen-bond acceptors (Lipinski definition) is 4. The van der Waals surface area contributed by atoms with E-state index in [9.17, 15) is 9.90 Å². The molecule has 0 saturated carbocycles. The summed E-state index contributed by atoms with van der Waals surface area (Å²) < 4.78 is 4.49. The first-order chi connectivity index (χ1) is 5.04. The average Bonchev–Trinajstić information content (AvgIpc) is 1.87. The highest BCUT2D eigenvalue weighted by Gasteiger charge is 2.27. The summed E-state index contributed by atoms with van der Waals surface area (Å²) in [4.78, 5) is 10.4. The second-order valence-electron chi connectivity index (χ2n) is 2.45. The maximum absolute atomic E-state index is 10.4. The van der Waals surface area contributed by atoms with Crippen molar-refractivity contribution in [3.63, 3.8) is 0 Å². The molecule has 0 aromatic heterocycles. The van der Waals surface area contributed by atoms with Gasteiger partial charge in [-0.25, -0.2) is 0 Å². The lowest BCUT2D eigenvalue weighted by Crippen LogP contribution is -2.37. The Morgan fingerprint density at radius 3 is 2.45 bits per heavy atom. The van der Waals surface area contributed by atoms with E-state index in [1.807, 2.05) is 6.92 Å². The SMILES string of the molecule is CCCC(O)(CO)OC(C)=O. The molecule has 1 unspecified atom stereocenters. The fourth-order valence-corrected chi connectivity index (χ4v) is 0.821. The Balaban J connectivity index is 3.98. The lowest BCUT2D eigenvalue weighted by molar-refractivity contribution is -0.223. The highest BCUT2D eigenvalue weighted by atomic mass is 16.7. The highest BCUT2D eigenvalue weighted by Crippen LogP contribution is 2.13. The van der Waals surface area contributed by atoms with Crippen molar-refractivity contribution in [2.75, 3.05) is 6.61 Å². The van der Waals surface area contributed by atoms with Crippen molar-refractivity contribution in [3.05, 3.63) is 0 Å². The Labute approximate surface area is 65.8 Å². The molecule has 0 saturated heterocycles. The smallest absolute Gasteiger partial charge is 0.305 e. The Bertz CT molecular complexity index is 134. The van der Waals surface area contributed by atoms with E-state index in [-0.39, 0.29) is 6.42 Å². The number of aliphatic hydroxyl groups excluding tert-OH is 1. The summed E-state index contributed by atoms with van der Waals surface area (Å²) in [5.41, 5.74) is 0. The Morgan fingerprint density at radius 2 is 2.18 bits per heavy atom. The molecule has 0 aromatic carbocycles. The summed E-state index contributed by atoms with van der Waals surface area (Å²) in [5.74, 6) is -2.27. The van der Waals surface area contributed by atoms with Crippen molar-refractivity contribution >= 4 is 5.97 Å². The lowest BCUT2D eigenvalue weighted by Gasteiger charge is -2.24. The number of aliphatic hydroxyl groups is 2. The van der Waals surface area contributed by atoms with E-state index in [0.717, 1.165) is 0 Å². The first-order valence-electron chi connectivity index (χ1n) is 3.57. The zero-order valence-corrected chi connectivity index (χ0v) is 6.83. The monoisotopic (exact) mass is 162 g/mol. The minimum Gasteiger partial charge on any atom is -0.431 e. The van der Waals surface area contributed by atoms with Gasteiger partial charge in [0.15, 0.2) is 0 Å². The average molecular weight is 162 g/mol. The van der Waals surface area contributed by atoms with Gasteiger partial charge in [0.25, 0.3) is 0 Å². The number of carbonyl (C=O) groups excluding carboxylic acids is 1. The first-order valence-corrected chi connectivity index (χ1v) is 3.57. The fourth-order valence-electron chi connectivity index (χ4n) is 0.821. The number of hydrogen-bond donors (Lipinski definition) is 2. The molecule has 0 radical (unpaired) electrons. The van der Waals surface area contributed by atoms with E-state index in [4.69, 9.17) is 5.11 Å². The zero-order valence-electron chi connectivity index (χ0n) is 6.83. The van der Waals surface area contributed by atoms with Crippen molar-refractivity contribution < 1.29 is 19.7 Å². The van der Waals surface area contributed by atoms with Gasteiger partial charge in [-0.1, -0.05) is 6.92 Å². The summed E-state index contributed by atoms with van der Waals surface area (Å²) in [5, 5.41) is 17.9.